The van der Waals surface area contributed by atoms with Gasteiger partial charge in [0.1, 0.15) is 0 Å². The highest BCUT2D eigenvalue weighted by molar-refractivity contribution is 7.89. The fourth-order valence-electron chi connectivity index (χ4n) is 5.18. The van der Waals surface area contributed by atoms with Crippen molar-refractivity contribution in [1.29, 1.82) is 5.26 Å². The highest BCUT2D eigenvalue weighted by Gasteiger charge is 2.56. The van der Waals surface area contributed by atoms with E-state index in [1.54, 1.807) is 16.4 Å². The van der Waals surface area contributed by atoms with Gasteiger partial charge in [0.25, 0.3) is 0 Å². The molecule has 0 bridgehead atoms. The topological polar surface area (TPSA) is 93.1 Å². The third kappa shape index (κ3) is 3.11. The van der Waals surface area contributed by atoms with Crippen LogP contribution >= 0.6 is 11.6 Å². The van der Waals surface area contributed by atoms with Crippen LogP contribution in [0.3, 0.4) is 0 Å². The Morgan fingerprint density at radius 3 is 2.61 bits per heavy atom. The molecule has 0 spiro atoms. The Hall–Kier alpha value is -2.60. The lowest BCUT2D eigenvalue weighted by Gasteiger charge is -2.36. The van der Waals surface area contributed by atoms with Crippen LogP contribution in [0, 0.1) is 23.2 Å². The first-order valence-corrected chi connectivity index (χ1v) is 11.9. The van der Waals surface area contributed by atoms with Gasteiger partial charge in [0.2, 0.25) is 10.0 Å². The number of rotatable bonds is 3. The molecule has 31 heavy (non-hydrogen) atoms. The Kier molecular flexibility index (Phi) is 4.56. The lowest BCUT2D eigenvalue weighted by Crippen LogP contribution is -2.47. The number of nitriles is 1. The van der Waals surface area contributed by atoms with Crippen molar-refractivity contribution in [1.82, 2.24) is 14.5 Å². The van der Waals surface area contributed by atoms with Crippen molar-refractivity contribution in [3.8, 4) is 6.07 Å². The summed E-state index contributed by atoms with van der Waals surface area (Å²) >= 11 is 6.33. The van der Waals surface area contributed by atoms with E-state index in [0.29, 0.717) is 17.1 Å². The van der Waals surface area contributed by atoms with Gasteiger partial charge in [-0.05, 0) is 56.2 Å². The number of nitrogens with zero attached hydrogens (tertiary/aromatic N) is 4. The van der Waals surface area contributed by atoms with Gasteiger partial charge in [0.15, 0.2) is 0 Å². The largest absolute Gasteiger partial charge is 0.370 e. The van der Waals surface area contributed by atoms with Crippen LogP contribution in [0.1, 0.15) is 19.4 Å². The molecule has 2 unspecified atom stereocenters. The number of hydrogen-bond donors (Lipinski definition) is 1. The molecule has 0 radical (unpaired) electrons. The van der Waals surface area contributed by atoms with E-state index in [4.69, 9.17) is 16.9 Å². The van der Waals surface area contributed by atoms with Crippen LogP contribution in [0.4, 0.5) is 5.69 Å². The molecule has 0 amide bonds. The van der Waals surface area contributed by atoms with E-state index >= 15 is 0 Å². The van der Waals surface area contributed by atoms with Gasteiger partial charge in [-0.2, -0.15) is 14.7 Å². The highest BCUT2D eigenvalue weighted by atomic mass is 35.5. The fourth-order valence-corrected chi connectivity index (χ4v) is 7.27. The van der Waals surface area contributed by atoms with Crippen molar-refractivity contribution < 1.29 is 8.42 Å². The summed E-state index contributed by atoms with van der Waals surface area (Å²) in [6.07, 6.45) is 1.81. The molecule has 2 aliphatic rings. The van der Waals surface area contributed by atoms with Gasteiger partial charge in [0.05, 0.1) is 28.2 Å². The summed E-state index contributed by atoms with van der Waals surface area (Å²) in [4.78, 5) is 2.53. The van der Waals surface area contributed by atoms with Crippen LogP contribution in [-0.4, -0.2) is 48.1 Å². The summed E-state index contributed by atoms with van der Waals surface area (Å²) in [7, 11) is -3.66. The number of sulfonamides is 1. The molecule has 1 aromatic heterocycles. The van der Waals surface area contributed by atoms with Crippen LogP contribution in [0.25, 0.3) is 10.9 Å². The molecule has 160 valence electrons. The smallest absolute Gasteiger partial charge is 0.243 e. The van der Waals surface area contributed by atoms with Gasteiger partial charge < -0.3 is 4.90 Å². The number of anilines is 1. The van der Waals surface area contributed by atoms with Crippen LogP contribution < -0.4 is 4.90 Å². The lowest BCUT2D eigenvalue weighted by atomic mass is 9.85. The van der Waals surface area contributed by atoms with Gasteiger partial charge in [-0.3, -0.25) is 5.10 Å². The van der Waals surface area contributed by atoms with Crippen LogP contribution in [0.15, 0.2) is 47.5 Å². The van der Waals surface area contributed by atoms with E-state index in [1.807, 2.05) is 38.2 Å². The Bertz CT molecular complexity index is 1310. The van der Waals surface area contributed by atoms with E-state index < -0.39 is 15.6 Å². The molecule has 2 fully saturated rings. The molecule has 1 N–H and O–H groups in total. The van der Waals surface area contributed by atoms with Crippen LogP contribution in [-0.2, 0) is 10.0 Å². The van der Waals surface area contributed by atoms with Crippen molar-refractivity contribution >= 4 is 38.2 Å². The lowest BCUT2D eigenvalue weighted by molar-refractivity contribution is 0.236. The second kappa shape index (κ2) is 6.95. The van der Waals surface area contributed by atoms with Gasteiger partial charge >= 0.3 is 0 Å². The Labute approximate surface area is 186 Å². The first-order valence-electron chi connectivity index (χ1n) is 10.1. The second-order valence-corrected chi connectivity index (χ2v) is 11.2. The van der Waals surface area contributed by atoms with Crippen molar-refractivity contribution in [2.75, 3.05) is 24.5 Å². The third-order valence-corrected chi connectivity index (χ3v) is 9.09. The first kappa shape index (κ1) is 20.3. The number of benzene rings is 2. The molecular formula is C22H22ClN5O2S. The normalized spacial score (nSPS) is 23.2. The minimum atomic E-state index is -3.66. The molecule has 7 nitrogen and oxygen atoms in total. The summed E-state index contributed by atoms with van der Waals surface area (Å²) in [5.74, 6) is 0.394. The number of aromatic nitrogens is 2. The average molecular weight is 456 g/mol. The Balaban J connectivity index is 1.44. The zero-order valence-electron chi connectivity index (χ0n) is 17.2. The van der Waals surface area contributed by atoms with Crippen molar-refractivity contribution in [3.63, 3.8) is 0 Å². The maximum atomic E-state index is 13.4. The van der Waals surface area contributed by atoms with E-state index in [0.717, 1.165) is 29.7 Å². The predicted molar refractivity (Wildman–Crippen MR) is 119 cm³/mol. The number of hydrogen-bond acceptors (Lipinski definition) is 5. The maximum Gasteiger partial charge on any atom is 0.243 e. The zero-order valence-corrected chi connectivity index (χ0v) is 18.8. The molecule has 9 heteroatoms. The second-order valence-electron chi connectivity index (χ2n) is 8.85. The van der Waals surface area contributed by atoms with E-state index in [1.165, 1.54) is 12.1 Å². The number of H-pyrrole nitrogens is 1. The first-order chi connectivity index (χ1) is 14.7. The van der Waals surface area contributed by atoms with Crippen LogP contribution in [0.5, 0.6) is 0 Å². The number of fused-ring (bicyclic) bond motifs is 2. The molecule has 2 aromatic carbocycles. The Morgan fingerprint density at radius 1 is 1.19 bits per heavy atom. The minimum absolute atomic E-state index is 0.182. The number of aromatic amines is 1. The van der Waals surface area contributed by atoms with Gasteiger partial charge in [-0.1, -0.05) is 11.6 Å². The monoisotopic (exact) mass is 455 g/mol. The summed E-state index contributed by atoms with van der Waals surface area (Å²) in [5, 5.41) is 17.8. The van der Waals surface area contributed by atoms with Gasteiger partial charge in [-0.15, -0.1) is 0 Å². The molecule has 2 aliphatic heterocycles. The van der Waals surface area contributed by atoms with E-state index in [9.17, 15) is 8.42 Å². The molecule has 2 saturated heterocycles. The molecular weight excluding hydrogens is 434 g/mol. The molecule has 3 heterocycles. The summed E-state index contributed by atoms with van der Waals surface area (Å²) in [5.41, 5.74) is 1.83. The minimum Gasteiger partial charge on any atom is -0.370 e. The zero-order chi connectivity index (χ0) is 22.0. The van der Waals surface area contributed by atoms with E-state index in [2.05, 4.69) is 15.1 Å². The average Bonchev–Trinajstić information content (AvgIpc) is 3.43. The third-order valence-electron chi connectivity index (χ3n) is 6.81. The Morgan fingerprint density at radius 2 is 1.94 bits per heavy atom. The fraction of sp³-hybridized carbons (Fsp3) is 0.364. The van der Waals surface area contributed by atoms with Gasteiger partial charge in [0, 0.05) is 47.2 Å². The van der Waals surface area contributed by atoms with Gasteiger partial charge in [-0.25, -0.2) is 8.42 Å². The molecule has 0 saturated carbocycles. The van der Waals surface area contributed by atoms with Crippen molar-refractivity contribution in [3.05, 3.63) is 53.2 Å². The maximum absolute atomic E-state index is 13.4. The summed E-state index contributed by atoms with van der Waals surface area (Å²) in [6.45, 7) is 5.99. The standard InChI is InChI=1S/C22H22ClN5O2S/c1-22(2)19-13-27(21-8-16(23)7-20-18(21)10-25-26-20)11-15(19)12-28(22)31(29,30)17-5-3-14(9-24)4-6-17/h3-8,10,15,19H,11-13H2,1-2H3,(H,25,26). The molecule has 3 aromatic rings. The highest BCUT2D eigenvalue weighted by Crippen LogP contribution is 2.47. The predicted octanol–water partition coefficient (Wildman–Crippen LogP) is 3.62. The van der Waals surface area contributed by atoms with E-state index in [-0.39, 0.29) is 16.7 Å². The quantitative estimate of drug-likeness (QED) is 0.651. The molecule has 5 rings (SSSR count). The summed E-state index contributed by atoms with van der Waals surface area (Å²) < 4.78 is 28.5. The van der Waals surface area contributed by atoms with Crippen molar-refractivity contribution in [2.24, 2.45) is 11.8 Å². The molecule has 2 atom stereocenters. The number of nitrogens with one attached hydrogen (secondary N) is 1. The van der Waals surface area contributed by atoms with Crippen LogP contribution in [0.2, 0.25) is 5.02 Å². The summed E-state index contributed by atoms with van der Waals surface area (Å²) in [6, 6.07) is 12.0. The molecule has 0 aliphatic carbocycles. The van der Waals surface area contributed by atoms with Crippen molar-refractivity contribution in [2.45, 2.75) is 24.3 Å². The number of halogens is 1. The SMILES string of the molecule is CC1(C)C2CN(c3cc(Cl)cc4[nH]ncc34)CC2CN1S(=O)(=O)c1ccc(C#N)cc1.